The van der Waals surface area contributed by atoms with E-state index in [2.05, 4.69) is 31.5 Å². The average molecular weight is 669 g/mol. The standard InChI is InChI=1S/C36H36N4O9/c1-6-24-17-28(30(41)16-22-9-11-25(12-10-22)32-39-35(44)49-40-32)27(15-20(24)4)26-13-14-29(33(42)37-18-23-7-8-23)38-31(26)34(43)47-21(5)48-36(45)46-19(2)3/h6,9-15,17,19,21,23H,1,7-8,16,18H2,2-5H3,(H,37,42)(H,39,40,44). The zero-order chi connectivity index (χ0) is 35.2. The lowest BCUT2D eigenvalue weighted by atomic mass is 9.89. The second-order valence-electron chi connectivity index (χ2n) is 12.0. The quantitative estimate of drug-likeness (QED) is 0.102. The monoisotopic (exact) mass is 668 g/mol. The number of H-pyrrole nitrogens is 1. The fourth-order valence-corrected chi connectivity index (χ4v) is 5.01. The summed E-state index contributed by atoms with van der Waals surface area (Å²) in [6.45, 7) is 10.8. The van der Waals surface area contributed by atoms with Crippen LogP contribution in [-0.2, 0) is 20.6 Å². The van der Waals surface area contributed by atoms with E-state index in [1.165, 1.54) is 13.0 Å². The summed E-state index contributed by atoms with van der Waals surface area (Å²) in [7, 11) is 0. The van der Waals surface area contributed by atoms with Crippen molar-refractivity contribution in [3.8, 4) is 22.5 Å². The van der Waals surface area contributed by atoms with Crippen LogP contribution in [0.4, 0.5) is 4.79 Å². The number of pyridine rings is 1. The Bertz CT molecular complexity index is 1960. The molecule has 0 bridgehead atoms. The number of rotatable bonds is 13. The number of nitrogens with zero attached hydrogens (tertiary/aromatic N) is 2. The number of ketones is 1. The largest absolute Gasteiger partial charge is 0.511 e. The van der Waals surface area contributed by atoms with Gasteiger partial charge in [-0.05, 0) is 80.0 Å². The number of aromatic nitrogens is 3. The first kappa shape index (κ1) is 34.5. The van der Waals surface area contributed by atoms with Gasteiger partial charge in [-0.2, -0.15) is 0 Å². The van der Waals surface area contributed by atoms with Crippen molar-refractivity contribution in [2.45, 2.75) is 59.4 Å². The number of carbonyl (C=O) groups is 4. The van der Waals surface area contributed by atoms with Crippen molar-refractivity contribution in [1.82, 2.24) is 20.4 Å². The molecule has 1 fully saturated rings. The summed E-state index contributed by atoms with van der Waals surface area (Å²) in [6.07, 6.45) is 0.839. The number of esters is 1. The van der Waals surface area contributed by atoms with E-state index in [9.17, 15) is 24.0 Å². The molecule has 1 aliphatic carbocycles. The number of benzene rings is 2. The maximum Gasteiger partial charge on any atom is 0.511 e. The zero-order valence-electron chi connectivity index (χ0n) is 27.5. The van der Waals surface area contributed by atoms with Gasteiger partial charge < -0.3 is 19.5 Å². The van der Waals surface area contributed by atoms with E-state index in [0.29, 0.717) is 34.7 Å². The number of amides is 1. The number of aryl methyl sites for hydroxylation is 1. The lowest BCUT2D eigenvalue weighted by Crippen LogP contribution is -2.28. The predicted octanol–water partition coefficient (Wildman–Crippen LogP) is 5.67. The summed E-state index contributed by atoms with van der Waals surface area (Å²) in [5.74, 6) is -1.74. The Morgan fingerprint density at radius 2 is 1.76 bits per heavy atom. The third kappa shape index (κ3) is 8.74. The molecule has 13 nitrogen and oxygen atoms in total. The van der Waals surface area contributed by atoms with Gasteiger partial charge in [0.2, 0.25) is 6.29 Å². The highest BCUT2D eigenvalue weighted by molar-refractivity contribution is 6.07. The minimum atomic E-state index is -1.36. The second kappa shape index (κ2) is 14.9. The Morgan fingerprint density at radius 3 is 2.39 bits per heavy atom. The van der Waals surface area contributed by atoms with Crippen molar-refractivity contribution in [2.75, 3.05) is 6.54 Å². The summed E-state index contributed by atoms with van der Waals surface area (Å²) in [4.78, 5) is 70.9. The Balaban J connectivity index is 1.50. The molecule has 4 aromatic rings. The highest BCUT2D eigenvalue weighted by Crippen LogP contribution is 2.32. The molecular formula is C36H36N4O9. The molecule has 2 N–H and O–H groups in total. The van der Waals surface area contributed by atoms with Crippen LogP contribution in [0.5, 0.6) is 0 Å². The number of nitrogens with one attached hydrogen (secondary N) is 2. The summed E-state index contributed by atoms with van der Waals surface area (Å²) >= 11 is 0. The molecule has 1 unspecified atom stereocenters. The number of aromatic amines is 1. The van der Waals surface area contributed by atoms with Crippen molar-refractivity contribution in [3.05, 3.63) is 99.3 Å². The molecule has 1 amide bonds. The third-order valence-corrected chi connectivity index (χ3v) is 7.69. The van der Waals surface area contributed by atoms with E-state index in [1.807, 2.05) is 6.92 Å². The van der Waals surface area contributed by atoms with Gasteiger partial charge in [0.1, 0.15) is 5.69 Å². The van der Waals surface area contributed by atoms with Gasteiger partial charge >= 0.3 is 17.9 Å². The van der Waals surface area contributed by atoms with E-state index < -0.39 is 36.2 Å². The van der Waals surface area contributed by atoms with E-state index in [-0.39, 0.29) is 40.5 Å². The third-order valence-electron chi connectivity index (χ3n) is 7.69. The number of ether oxygens (including phenoxy) is 3. The Labute approximate surface area is 281 Å². The summed E-state index contributed by atoms with van der Waals surface area (Å²) in [5, 5.41) is 6.52. The minimum absolute atomic E-state index is 0.0139. The van der Waals surface area contributed by atoms with E-state index in [1.54, 1.807) is 62.4 Å². The van der Waals surface area contributed by atoms with Gasteiger partial charge in [-0.15, -0.1) is 0 Å². The SMILES string of the molecule is C=Cc1cc(C(=O)Cc2ccc(-c3noc(=O)[nH]3)cc2)c(-c2ccc(C(=O)NCC3CC3)nc2C(=O)OC(C)OC(=O)OC(C)C)cc1C. The van der Waals surface area contributed by atoms with Crippen LogP contribution < -0.4 is 11.1 Å². The fraction of sp³-hybridized carbons (Fsp3) is 0.306. The van der Waals surface area contributed by atoms with Crippen LogP contribution in [0.15, 0.2) is 64.4 Å². The Morgan fingerprint density at radius 1 is 1.02 bits per heavy atom. The zero-order valence-corrected chi connectivity index (χ0v) is 27.5. The van der Waals surface area contributed by atoms with Crippen LogP contribution in [0.1, 0.15) is 81.6 Å². The van der Waals surface area contributed by atoms with Crippen molar-refractivity contribution in [1.29, 1.82) is 0 Å². The molecule has 0 aliphatic heterocycles. The van der Waals surface area contributed by atoms with Gasteiger partial charge in [0, 0.05) is 36.6 Å². The molecule has 1 saturated carbocycles. The molecule has 254 valence electrons. The topological polar surface area (TPSA) is 180 Å². The molecule has 2 aromatic heterocycles. The van der Waals surface area contributed by atoms with E-state index >= 15 is 0 Å². The van der Waals surface area contributed by atoms with Crippen LogP contribution in [-0.4, -0.2) is 57.9 Å². The molecule has 2 heterocycles. The van der Waals surface area contributed by atoms with E-state index in [0.717, 1.165) is 18.4 Å². The second-order valence-corrected chi connectivity index (χ2v) is 12.0. The number of hydrogen-bond acceptors (Lipinski definition) is 11. The van der Waals surface area contributed by atoms with Crippen LogP contribution in [0.25, 0.3) is 28.6 Å². The van der Waals surface area contributed by atoms with E-state index in [4.69, 9.17) is 14.2 Å². The molecule has 13 heteroatoms. The summed E-state index contributed by atoms with van der Waals surface area (Å²) in [5.41, 5.74) is 3.35. The van der Waals surface area contributed by atoms with Gasteiger partial charge in [-0.1, -0.05) is 48.1 Å². The maximum absolute atomic E-state index is 14.0. The molecule has 0 spiro atoms. The fourth-order valence-electron chi connectivity index (χ4n) is 5.01. The van der Waals surface area contributed by atoms with Crippen LogP contribution in [0.3, 0.4) is 0 Å². The maximum atomic E-state index is 14.0. The molecule has 1 aliphatic rings. The average Bonchev–Trinajstić information content (AvgIpc) is 3.80. The Kier molecular flexibility index (Phi) is 10.5. The van der Waals surface area contributed by atoms with Crippen molar-refractivity contribution in [3.63, 3.8) is 0 Å². The summed E-state index contributed by atoms with van der Waals surface area (Å²) in [6, 6.07) is 13.3. The highest BCUT2D eigenvalue weighted by atomic mass is 16.8. The molecule has 0 radical (unpaired) electrons. The lowest BCUT2D eigenvalue weighted by molar-refractivity contribution is -0.0868. The van der Waals surface area contributed by atoms with Crippen LogP contribution >= 0.6 is 0 Å². The Hall–Kier alpha value is -5.85. The molecule has 0 saturated heterocycles. The summed E-state index contributed by atoms with van der Waals surface area (Å²) < 4.78 is 20.0. The van der Waals surface area contributed by atoms with Crippen molar-refractivity contribution < 1.29 is 37.9 Å². The lowest BCUT2D eigenvalue weighted by Gasteiger charge is -2.18. The normalized spacial score (nSPS) is 13.0. The number of carbonyl (C=O) groups excluding carboxylic acids is 4. The van der Waals surface area contributed by atoms with Crippen molar-refractivity contribution >= 4 is 29.9 Å². The molecule has 5 rings (SSSR count). The van der Waals surface area contributed by atoms with Gasteiger partial charge in [0.05, 0.1) is 6.10 Å². The minimum Gasteiger partial charge on any atom is -0.431 e. The number of hydrogen-bond donors (Lipinski definition) is 2. The number of Topliss-reactive ketones (excluding diaryl/α,β-unsaturated/α-hetero) is 1. The molecule has 2 aromatic carbocycles. The van der Waals surface area contributed by atoms with Gasteiger partial charge in [-0.3, -0.25) is 19.1 Å². The smallest absolute Gasteiger partial charge is 0.431 e. The van der Waals surface area contributed by atoms with Crippen molar-refractivity contribution in [2.24, 2.45) is 5.92 Å². The van der Waals surface area contributed by atoms with Crippen LogP contribution in [0, 0.1) is 12.8 Å². The first-order valence-corrected chi connectivity index (χ1v) is 15.7. The highest BCUT2D eigenvalue weighted by Gasteiger charge is 2.27. The van der Waals surface area contributed by atoms with Gasteiger partial charge in [0.15, 0.2) is 17.3 Å². The van der Waals surface area contributed by atoms with Crippen LogP contribution in [0.2, 0.25) is 0 Å². The van der Waals surface area contributed by atoms with Gasteiger partial charge in [-0.25, -0.2) is 19.4 Å². The molecule has 1 atom stereocenters. The molecular weight excluding hydrogens is 632 g/mol. The first-order chi connectivity index (χ1) is 23.4. The molecule has 49 heavy (non-hydrogen) atoms. The van der Waals surface area contributed by atoms with Gasteiger partial charge in [0.25, 0.3) is 5.91 Å². The predicted molar refractivity (Wildman–Crippen MR) is 178 cm³/mol. The first-order valence-electron chi connectivity index (χ1n) is 15.7.